The molecule has 20 heavy (non-hydrogen) atoms. The molecule has 0 fully saturated rings. The van der Waals surface area contributed by atoms with Crippen LogP contribution in [0.15, 0.2) is 47.1 Å². The molecule has 1 atom stereocenters. The third kappa shape index (κ3) is 3.86. The average molecular weight is 275 g/mol. The number of quaternary nitrogens is 1. The van der Waals surface area contributed by atoms with Gasteiger partial charge in [-0.05, 0) is 43.3 Å². The summed E-state index contributed by atoms with van der Waals surface area (Å²) >= 11 is 0. The normalized spacial score (nSPS) is 11.9. The number of hydrogen-bond donors (Lipinski definition) is 2. The fourth-order valence-electron chi connectivity index (χ4n) is 1.84. The molecule has 5 nitrogen and oxygen atoms in total. The highest BCUT2D eigenvalue weighted by atomic mass is 16.5. The highest BCUT2D eigenvalue weighted by Gasteiger charge is 2.13. The largest absolute Gasteiger partial charge is 0.497 e. The zero-order valence-electron chi connectivity index (χ0n) is 11.6. The van der Waals surface area contributed by atoms with Gasteiger partial charge in [0.15, 0.2) is 12.3 Å². The Balaban J connectivity index is 1.80. The van der Waals surface area contributed by atoms with Gasteiger partial charge in [-0.15, -0.1) is 0 Å². The van der Waals surface area contributed by atoms with Gasteiger partial charge in [0.25, 0.3) is 5.91 Å². The van der Waals surface area contributed by atoms with Crippen molar-refractivity contribution in [1.29, 1.82) is 0 Å². The van der Waals surface area contributed by atoms with E-state index < -0.39 is 0 Å². The highest BCUT2D eigenvalue weighted by molar-refractivity contribution is 5.91. The molecule has 1 heterocycles. The number of amides is 1. The van der Waals surface area contributed by atoms with Crippen LogP contribution in [-0.2, 0) is 4.79 Å². The molecular weight excluding hydrogens is 256 g/mol. The Morgan fingerprint density at radius 2 is 2.10 bits per heavy atom. The summed E-state index contributed by atoms with van der Waals surface area (Å²) < 4.78 is 10.4. The molecule has 2 rings (SSSR count). The summed E-state index contributed by atoms with van der Waals surface area (Å²) in [5.41, 5.74) is 0.759. The van der Waals surface area contributed by atoms with E-state index in [2.05, 4.69) is 5.32 Å². The Labute approximate surface area is 117 Å². The van der Waals surface area contributed by atoms with Crippen molar-refractivity contribution in [3.8, 4) is 5.75 Å². The molecule has 0 bridgehead atoms. The molecule has 1 amide bonds. The van der Waals surface area contributed by atoms with Crippen LogP contribution < -0.4 is 15.4 Å². The number of methoxy groups -OCH3 is 1. The van der Waals surface area contributed by atoms with Gasteiger partial charge in [0, 0.05) is 5.69 Å². The Morgan fingerprint density at radius 1 is 1.35 bits per heavy atom. The lowest BCUT2D eigenvalue weighted by atomic mass is 10.2. The summed E-state index contributed by atoms with van der Waals surface area (Å²) in [7, 11) is 1.61. The van der Waals surface area contributed by atoms with E-state index in [1.165, 1.54) is 0 Å². The SMILES string of the molecule is COc1ccc(NC(=O)C[NH2+][C@H](C)c2ccco2)cc1. The molecular formula is C15H19N2O3+. The number of rotatable bonds is 6. The maximum absolute atomic E-state index is 11.8. The van der Waals surface area contributed by atoms with Crippen molar-refractivity contribution < 1.29 is 19.3 Å². The van der Waals surface area contributed by atoms with Crippen LogP contribution in [0.2, 0.25) is 0 Å². The minimum absolute atomic E-state index is 0.0476. The maximum Gasteiger partial charge on any atom is 0.279 e. The van der Waals surface area contributed by atoms with Crippen molar-refractivity contribution in [3.63, 3.8) is 0 Å². The molecule has 3 N–H and O–H groups in total. The smallest absolute Gasteiger partial charge is 0.279 e. The predicted octanol–water partition coefficient (Wildman–Crippen LogP) is 1.55. The third-order valence-electron chi connectivity index (χ3n) is 3.02. The lowest BCUT2D eigenvalue weighted by Crippen LogP contribution is -2.86. The molecule has 106 valence electrons. The van der Waals surface area contributed by atoms with E-state index in [1.807, 2.05) is 48.6 Å². The second kappa shape index (κ2) is 6.77. The van der Waals surface area contributed by atoms with Crippen LogP contribution in [0.25, 0.3) is 0 Å². The lowest BCUT2D eigenvalue weighted by molar-refractivity contribution is -0.684. The molecule has 0 aliphatic carbocycles. The van der Waals surface area contributed by atoms with Crippen LogP contribution in [0.3, 0.4) is 0 Å². The van der Waals surface area contributed by atoms with Crippen LogP contribution in [0.1, 0.15) is 18.7 Å². The van der Waals surface area contributed by atoms with Crippen molar-refractivity contribution in [3.05, 3.63) is 48.4 Å². The van der Waals surface area contributed by atoms with E-state index in [4.69, 9.17) is 9.15 Å². The summed E-state index contributed by atoms with van der Waals surface area (Å²) in [5, 5.41) is 4.77. The van der Waals surface area contributed by atoms with Gasteiger partial charge in [0.2, 0.25) is 0 Å². The number of anilines is 1. The molecule has 0 saturated carbocycles. The summed E-state index contributed by atoms with van der Waals surface area (Å²) in [4.78, 5) is 11.8. The third-order valence-corrected chi connectivity index (χ3v) is 3.02. The number of nitrogens with two attached hydrogens (primary N) is 1. The molecule has 0 spiro atoms. The number of furan rings is 1. The van der Waals surface area contributed by atoms with Crippen LogP contribution in [-0.4, -0.2) is 19.6 Å². The number of benzene rings is 1. The van der Waals surface area contributed by atoms with Crippen molar-refractivity contribution in [2.45, 2.75) is 13.0 Å². The topological polar surface area (TPSA) is 68.1 Å². The van der Waals surface area contributed by atoms with E-state index in [0.717, 1.165) is 17.2 Å². The lowest BCUT2D eigenvalue weighted by Gasteiger charge is -2.09. The van der Waals surface area contributed by atoms with Crippen LogP contribution in [0.4, 0.5) is 5.69 Å². The molecule has 0 aliphatic heterocycles. The van der Waals surface area contributed by atoms with E-state index in [0.29, 0.717) is 6.54 Å². The monoisotopic (exact) mass is 275 g/mol. The Kier molecular flexibility index (Phi) is 4.79. The molecule has 0 radical (unpaired) electrons. The quantitative estimate of drug-likeness (QED) is 0.840. The molecule has 1 aromatic heterocycles. The molecule has 0 aliphatic rings. The van der Waals surface area contributed by atoms with Gasteiger partial charge < -0.3 is 19.8 Å². The van der Waals surface area contributed by atoms with Crippen LogP contribution in [0, 0.1) is 0 Å². The first kappa shape index (κ1) is 14.1. The summed E-state index contributed by atoms with van der Waals surface area (Å²) in [5.74, 6) is 1.58. The predicted molar refractivity (Wildman–Crippen MR) is 75.5 cm³/mol. The van der Waals surface area contributed by atoms with E-state index in [1.54, 1.807) is 13.4 Å². The fraction of sp³-hybridized carbons (Fsp3) is 0.267. The first-order valence-corrected chi connectivity index (χ1v) is 6.49. The van der Waals surface area contributed by atoms with Gasteiger partial charge in [-0.3, -0.25) is 4.79 Å². The standard InChI is InChI=1S/C15H18N2O3/c1-11(14-4-3-9-20-14)16-10-15(18)17-12-5-7-13(19-2)8-6-12/h3-9,11,16H,10H2,1-2H3,(H,17,18)/p+1/t11-/m1/s1. The van der Waals surface area contributed by atoms with Crippen molar-refractivity contribution >= 4 is 11.6 Å². The Bertz CT molecular complexity index is 535. The van der Waals surface area contributed by atoms with Crippen molar-refractivity contribution in [1.82, 2.24) is 0 Å². The van der Waals surface area contributed by atoms with Gasteiger partial charge in [0.1, 0.15) is 11.8 Å². The molecule has 2 aromatic rings. The number of carbonyl (C=O) groups is 1. The first-order valence-electron chi connectivity index (χ1n) is 6.49. The number of hydrogen-bond acceptors (Lipinski definition) is 3. The number of ether oxygens (including phenoxy) is 1. The van der Waals surface area contributed by atoms with Gasteiger partial charge in [-0.1, -0.05) is 0 Å². The van der Waals surface area contributed by atoms with Gasteiger partial charge in [-0.2, -0.15) is 0 Å². The average Bonchev–Trinajstić information content (AvgIpc) is 3.00. The molecule has 0 unspecified atom stereocenters. The Morgan fingerprint density at radius 3 is 2.70 bits per heavy atom. The van der Waals surface area contributed by atoms with E-state index in [-0.39, 0.29) is 11.9 Å². The summed E-state index contributed by atoms with van der Waals surface area (Å²) in [6.45, 7) is 2.34. The molecule has 0 saturated heterocycles. The summed E-state index contributed by atoms with van der Waals surface area (Å²) in [6, 6.07) is 11.1. The van der Waals surface area contributed by atoms with Crippen LogP contribution in [0.5, 0.6) is 5.75 Å². The van der Waals surface area contributed by atoms with Gasteiger partial charge in [0.05, 0.1) is 13.4 Å². The second-order valence-electron chi connectivity index (χ2n) is 4.52. The minimum atomic E-state index is -0.0476. The molecule has 5 heteroatoms. The second-order valence-corrected chi connectivity index (χ2v) is 4.52. The van der Waals surface area contributed by atoms with Crippen molar-refractivity contribution in [2.24, 2.45) is 0 Å². The first-order chi connectivity index (χ1) is 9.69. The number of nitrogens with one attached hydrogen (secondary N) is 1. The minimum Gasteiger partial charge on any atom is -0.497 e. The van der Waals surface area contributed by atoms with E-state index in [9.17, 15) is 4.79 Å². The van der Waals surface area contributed by atoms with Gasteiger partial charge >= 0.3 is 0 Å². The van der Waals surface area contributed by atoms with Gasteiger partial charge in [-0.25, -0.2) is 0 Å². The van der Waals surface area contributed by atoms with Crippen molar-refractivity contribution in [2.75, 3.05) is 19.0 Å². The molecule has 1 aromatic carbocycles. The highest BCUT2D eigenvalue weighted by Crippen LogP contribution is 2.14. The fourth-order valence-corrected chi connectivity index (χ4v) is 1.84. The zero-order valence-corrected chi connectivity index (χ0v) is 11.6. The Hall–Kier alpha value is -2.27. The number of carbonyl (C=O) groups excluding carboxylic acids is 1. The van der Waals surface area contributed by atoms with E-state index >= 15 is 0 Å². The zero-order chi connectivity index (χ0) is 14.4. The van der Waals surface area contributed by atoms with Crippen LogP contribution >= 0.6 is 0 Å². The summed E-state index contributed by atoms with van der Waals surface area (Å²) in [6.07, 6.45) is 1.64. The maximum atomic E-state index is 11.8.